The zero-order valence-corrected chi connectivity index (χ0v) is 14.5. The second-order valence-corrected chi connectivity index (χ2v) is 6.33. The standard InChI is InChI=1S/C20H24N2O2/c1-14-9-10-19(24-3)17(13-14)15(2)21-20(23)22-12-11-18(22)16-7-5-4-6-8-16/h4-10,13,15,18H,11-12H2,1-3H3,(H,21,23). The van der Waals surface area contributed by atoms with Gasteiger partial charge in [0.15, 0.2) is 0 Å². The highest BCUT2D eigenvalue weighted by atomic mass is 16.5. The minimum atomic E-state index is -0.107. The van der Waals surface area contributed by atoms with Gasteiger partial charge in [0.1, 0.15) is 5.75 Å². The molecule has 4 nitrogen and oxygen atoms in total. The quantitative estimate of drug-likeness (QED) is 0.915. The van der Waals surface area contributed by atoms with E-state index in [1.165, 1.54) is 5.56 Å². The Morgan fingerprint density at radius 2 is 2.00 bits per heavy atom. The Hall–Kier alpha value is -2.49. The summed E-state index contributed by atoms with van der Waals surface area (Å²) in [6.07, 6.45) is 1.01. The van der Waals surface area contributed by atoms with Crippen LogP contribution < -0.4 is 10.1 Å². The van der Waals surface area contributed by atoms with Gasteiger partial charge in [0.25, 0.3) is 0 Å². The Kier molecular flexibility index (Phi) is 4.74. The van der Waals surface area contributed by atoms with E-state index in [1.54, 1.807) is 7.11 Å². The molecule has 24 heavy (non-hydrogen) atoms. The lowest BCUT2D eigenvalue weighted by molar-refractivity contribution is 0.113. The number of rotatable bonds is 4. The smallest absolute Gasteiger partial charge is 0.318 e. The average Bonchev–Trinajstić information content (AvgIpc) is 2.54. The number of hydrogen-bond acceptors (Lipinski definition) is 2. The average molecular weight is 324 g/mol. The molecule has 1 heterocycles. The van der Waals surface area contributed by atoms with Crippen LogP contribution >= 0.6 is 0 Å². The van der Waals surface area contributed by atoms with Crippen LogP contribution in [0.25, 0.3) is 0 Å². The van der Waals surface area contributed by atoms with Crippen LogP contribution in [0.2, 0.25) is 0 Å². The predicted octanol–water partition coefficient (Wildman–Crippen LogP) is 4.22. The molecule has 0 bridgehead atoms. The van der Waals surface area contributed by atoms with Crippen LogP contribution in [0.1, 0.15) is 42.1 Å². The first-order chi connectivity index (χ1) is 11.6. The van der Waals surface area contributed by atoms with Crippen LogP contribution in [-0.4, -0.2) is 24.6 Å². The molecule has 1 aliphatic heterocycles. The number of ether oxygens (including phenoxy) is 1. The molecular formula is C20H24N2O2. The molecule has 0 aliphatic carbocycles. The molecule has 1 saturated heterocycles. The van der Waals surface area contributed by atoms with Crippen LogP contribution in [0.4, 0.5) is 4.79 Å². The normalized spacial score (nSPS) is 17.8. The van der Waals surface area contributed by atoms with E-state index in [-0.39, 0.29) is 18.1 Å². The summed E-state index contributed by atoms with van der Waals surface area (Å²) in [6.45, 7) is 4.83. The molecule has 0 saturated carbocycles. The number of nitrogens with one attached hydrogen (secondary N) is 1. The molecule has 2 unspecified atom stereocenters. The summed E-state index contributed by atoms with van der Waals surface area (Å²) >= 11 is 0. The number of urea groups is 1. The van der Waals surface area contributed by atoms with E-state index in [4.69, 9.17) is 4.74 Å². The van der Waals surface area contributed by atoms with Crippen LogP contribution in [0.3, 0.4) is 0 Å². The fraction of sp³-hybridized carbons (Fsp3) is 0.350. The molecule has 4 heteroatoms. The van der Waals surface area contributed by atoms with Gasteiger partial charge in [-0.25, -0.2) is 4.79 Å². The summed E-state index contributed by atoms with van der Waals surface area (Å²) in [5, 5.41) is 3.11. The Morgan fingerprint density at radius 3 is 2.62 bits per heavy atom. The number of nitrogens with zero attached hydrogens (tertiary/aromatic N) is 1. The van der Waals surface area contributed by atoms with Gasteiger partial charge in [0.05, 0.1) is 19.2 Å². The maximum Gasteiger partial charge on any atom is 0.318 e. The molecule has 2 amide bonds. The van der Waals surface area contributed by atoms with E-state index in [1.807, 2.05) is 49.1 Å². The third kappa shape index (κ3) is 3.23. The summed E-state index contributed by atoms with van der Waals surface area (Å²) in [7, 11) is 1.66. The van der Waals surface area contributed by atoms with Crippen molar-refractivity contribution in [2.45, 2.75) is 32.4 Å². The highest BCUT2D eigenvalue weighted by molar-refractivity contribution is 5.76. The number of carbonyl (C=O) groups excluding carboxylic acids is 1. The Bertz CT molecular complexity index is 715. The maximum atomic E-state index is 12.7. The molecule has 0 aromatic heterocycles. The second-order valence-electron chi connectivity index (χ2n) is 6.33. The van der Waals surface area contributed by atoms with E-state index in [2.05, 4.69) is 23.5 Å². The molecule has 2 aromatic carbocycles. The van der Waals surface area contributed by atoms with Crippen molar-refractivity contribution >= 4 is 6.03 Å². The van der Waals surface area contributed by atoms with Crippen molar-refractivity contribution in [1.82, 2.24) is 10.2 Å². The molecule has 0 radical (unpaired) electrons. The van der Waals surface area contributed by atoms with Gasteiger partial charge in [-0.15, -0.1) is 0 Å². The zero-order chi connectivity index (χ0) is 17.1. The number of likely N-dealkylation sites (tertiary alicyclic amines) is 1. The van der Waals surface area contributed by atoms with Crippen molar-refractivity contribution < 1.29 is 9.53 Å². The molecule has 3 rings (SSSR count). The molecule has 0 spiro atoms. The highest BCUT2D eigenvalue weighted by Gasteiger charge is 2.33. The molecule has 1 aliphatic rings. The van der Waals surface area contributed by atoms with Crippen LogP contribution in [-0.2, 0) is 0 Å². The summed E-state index contributed by atoms with van der Waals surface area (Å²) in [5.41, 5.74) is 3.35. The van der Waals surface area contributed by atoms with Crippen molar-refractivity contribution in [3.05, 3.63) is 65.2 Å². The second kappa shape index (κ2) is 6.95. The molecule has 1 N–H and O–H groups in total. The van der Waals surface area contributed by atoms with Gasteiger partial charge in [-0.05, 0) is 31.9 Å². The summed E-state index contributed by atoms with van der Waals surface area (Å²) in [4.78, 5) is 14.5. The summed E-state index contributed by atoms with van der Waals surface area (Å²) in [6, 6.07) is 16.3. The molecule has 126 valence electrons. The highest BCUT2D eigenvalue weighted by Crippen LogP contribution is 2.34. The van der Waals surface area contributed by atoms with Gasteiger partial charge >= 0.3 is 6.03 Å². The number of benzene rings is 2. The van der Waals surface area contributed by atoms with E-state index < -0.39 is 0 Å². The van der Waals surface area contributed by atoms with Gasteiger partial charge in [0.2, 0.25) is 0 Å². The number of aryl methyl sites for hydroxylation is 1. The minimum absolute atomic E-state index is 0.0221. The SMILES string of the molecule is COc1ccc(C)cc1C(C)NC(=O)N1CCC1c1ccccc1. The lowest BCUT2D eigenvalue weighted by Gasteiger charge is -2.41. The summed E-state index contributed by atoms with van der Waals surface area (Å²) in [5.74, 6) is 0.802. The third-order valence-electron chi connectivity index (χ3n) is 4.66. The largest absolute Gasteiger partial charge is 0.496 e. The van der Waals surface area contributed by atoms with Crippen LogP contribution in [0, 0.1) is 6.92 Å². The fourth-order valence-corrected chi connectivity index (χ4v) is 3.19. The van der Waals surface area contributed by atoms with Crippen molar-refractivity contribution in [1.29, 1.82) is 0 Å². The Labute approximate surface area is 143 Å². The molecular weight excluding hydrogens is 300 g/mol. The number of hydrogen-bond donors (Lipinski definition) is 1. The maximum absolute atomic E-state index is 12.7. The topological polar surface area (TPSA) is 41.6 Å². The third-order valence-corrected chi connectivity index (χ3v) is 4.66. The van der Waals surface area contributed by atoms with E-state index >= 15 is 0 Å². The minimum Gasteiger partial charge on any atom is -0.496 e. The van der Waals surface area contributed by atoms with Crippen molar-refractivity contribution in [3.63, 3.8) is 0 Å². The van der Waals surface area contributed by atoms with Crippen molar-refractivity contribution in [2.75, 3.05) is 13.7 Å². The summed E-state index contributed by atoms with van der Waals surface area (Å²) < 4.78 is 5.43. The molecule has 1 fully saturated rings. The van der Waals surface area contributed by atoms with Gasteiger partial charge in [0, 0.05) is 12.1 Å². The van der Waals surface area contributed by atoms with Crippen molar-refractivity contribution in [3.8, 4) is 5.75 Å². The van der Waals surface area contributed by atoms with Gasteiger partial charge < -0.3 is 15.0 Å². The van der Waals surface area contributed by atoms with Crippen LogP contribution in [0.15, 0.2) is 48.5 Å². The number of carbonyl (C=O) groups is 1. The lowest BCUT2D eigenvalue weighted by Crippen LogP contribution is -2.50. The van der Waals surface area contributed by atoms with E-state index in [0.29, 0.717) is 0 Å². The predicted molar refractivity (Wildman–Crippen MR) is 95.2 cm³/mol. The lowest BCUT2D eigenvalue weighted by atomic mass is 9.95. The first kappa shape index (κ1) is 16.4. The van der Waals surface area contributed by atoms with Crippen LogP contribution in [0.5, 0.6) is 5.75 Å². The number of amides is 2. The first-order valence-corrected chi connectivity index (χ1v) is 8.36. The Morgan fingerprint density at radius 1 is 1.25 bits per heavy atom. The monoisotopic (exact) mass is 324 g/mol. The first-order valence-electron chi connectivity index (χ1n) is 8.36. The number of methoxy groups -OCH3 is 1. The zero-order valence-electron chi connectivity index (χ0n) is 14.5. The van der Waals surface area contributed by atoms with Gasteiger partial charge in [-0.1, -0.05) is 48.0 Å². The molecule has 2 aromatic rings. The molecule has 2 atom stereocenters. The van der Waals surface area contributed by atoms with E-state index in [9.17, 15) is 4.79 Å². The van der Waals surface area contributed by atoms with Crippen molar-refractivity contribution in [2.24, 2.45) is 0 Å². The Balaban J connectivity index is 1.70. The fourth-order valence-electron chi connectivity index (χ4n) is 3.19. The van der Waals surface area contributed by atoms with E-state index in [0.717, 1.165) is 29.8 Å². The van der Waals surface area contributed by atoms with Gasteiger partial charge in [-0.3, -0.25) is 0 Å². The van der Waals surface area contributed by atoms with Gasteiger partial charge in [-0.2, -0.15) is 0 Å².